The Labute approximate surface area is 169 Å². The van der Waals surface area contributed by atoms with Gasteiger partial charge in [0, 0.05) is 50.6 Å². The van der Waals surface area contributed by atoms with E-state index in [9.17, 15) is 4.79 Å². The number of hydrogen-bond acceptors (Lipinski definition) is 5. The average Bonchev–Trinajstić information content (AvgIpc) is 3.18. The van der Waals surface area contributed by atoms with Crippen molar-refractivity contribution in [3.8, 4) is 0 Å². The number of carbonyl (C=O) groups excluding carboxylic acids is 1. The number of amides is 1. The molecule has 2 aliphatic heterocycles. The number of rotatable bonds is 8. The molecule has 28 heavy (non-hydrogen) atoms. The summed E-state index contributed by atoms with van der Waals surface area (Å²) in [4.78, 5) is 17.5. The largest absolute Gasteiger partial charge is 0.383 e. The summed E-state index contributed by atoms with van der Waals surface area (Å²) in [5.74, 6) is 0.326. The molecule has 3 rings (SSSR count). The van der Waals surface area contributed by atoms with E-state index in [0.717, 1.165) is 45.6 Å². The minimum atomic E-state index is 0.130. The van der Waals surface area contributed by atoms with Crippen LogP contribution in [0.2, 0.25) is 0 Å². The van der Waals surface area contributed by atoms with Crippen molar-refractivity contribution in [2.45, 2.75) is 58.2 Å². The summed E-state index contributed by atoms with van der Waals surface area (Å²) >= 11 is 0. The first-order chi connectivity index (χ1) is 13.6. The zero-order chi connectivity index (χ0) is 19.9. The minimum Gasteiger partial charge on any atom is -0.383 e. The maximum absolute atomic E-state index is 12.4. The Morgan fingerprint density at radius 1 is 1.29 bits per heavy atom. The van der Waals surface area contributed by atoms with Crippen LogP contribution in [0, 0.1) is 5.92 Å². The maximum atomic E-state index is 12.4. The van der Waals surface area contributed by atoms with Crippen LogP contribution in [-0.4, -0.2) is 78.0 Å². The van der Waals surface area contributed by atoms with Crippen molar-refractivity contribution in [1.29, 1.82) is 0 Å². The maximum Gasteiger partial charge on any atom is 0.224 e. The number of aromatic nitrogens is 2. The smallest absolute Gasteiger partial charge is 0.224 e. The molecule has 2 fully saturated rings. The van der Waals surface area contributed by atoms with Gasteiger partial charge in [0.1, 0.15) is 0 Å². The Morgan fingerprint density at radius 3 is 2.75 bits per heavy atom. The third-order valence-corrected chi connectivity index (χ3v) is 6.09. The van der Waals surface area contributed by atoms with Gasteiger partial charge in [-0.1, -0.05) is 0 Å². The predicted octanol–water partition coefficient (Wildman–Crippen LogP) is 1.90. The van der Waals surface area contributed by atoms with Crippen molar-refractivity contribution >= 4 is 5.91 Å². The number of nitrogens with one attached hydrogen (secondary N) is 1. The van der Waals surface area contributed by atoms with Gasteiger partial charge in [0.2, 0.25) is 5.91 Å². The standard InChI is InChI=1S/C21H37N5O2/c1-17(2)26-15-18(13-23-26)14-24-10-6-20(7-11-24)25-9-4-5-19(16-25)21(27)22-8-12-28-3/h13,15,17,19-20H,4-12,14,16H2,1-3H3,(H,22,27)/t19-/m1/s1. The Hall–Kier alpha value is -1.44. The van der Waals surface area contributed by atoms with Gasteiger partial charge in [-0.05, 0) is 59.2 Å². The summed E-state index contributed by atoms with van der Waals surface area (Å²) in [6, 6.07) is 1.03. The highest BCUT2D eigenvalue weighted by Gasteiger charge is 2.31. The monoisotopic (exact) mass is 391 g/mol. The summed E-state index contributed by atoms with van der Waals surface area (Å²) < 4.78 is 7.06. The molecular weight excluding hydrogens is 354 g/mol. The van der Waals surface area contributed by atoms with Crippen molar-refractivity contribution in [3.05, 3.63) is 18.0 Å². The second-order valence-corrected chi connectivity index (χ2v) is 8.55. The van der Waals surface area contributed by atoms with Crippen LogP contribution in [0.4, 0.5) is 0 Å². The molecule has 7 nitrogen and oxygen atoms in total. The number of likely N-dealkylation sites (tertiary alicyclic amines) is 2. The quantitative estimate of drug-likeness (QED) is 0.686. The summed E-state index contributed by atoms with van der Waals surface area (Å²) in [5, 5.41) is 7.47. The lowest BCUT2D eigenvalue weighted by molar-refractivity contribution is -0.127. The molecule has 1 aromatic heterocycles. The van der Waals surface area contributed by atoms with Gasteiger partial charge in [-0.3, -0.25) is 19.3 Å². The molecule has 1 N–H and O–H groups in total. The van der Waals surface area contributed by atoms with Crippen molar-refractivity contribution in [1.82, 2.24) is 24.9 Å². The second-order valence-electron chi connectivity index (χ2n) is 8.55. The molecule has 2 aliphatic rings. The number of piperidine rings is 2. The summed E-state index contributed by atoms with van der Waals surface area (Å²) in [5.41, 5.74) is 1.30. The third kappa shape index (κ3) is 5.78. The van der Waals surface area contributed by atoms with Crippen LogP contribution < -0.4 is 5.32 Å². The van der Waals surface area contributed by atoms with E-state index in [0.29, 0.717) is 25.2 Å². The molecule has 1 atom stereocenters. The van der Waals surface area contributed by atoms with E-state index in [2.05, 4.69) is 40.3 Å². The normalized spacial score (nSPS) is 22.6. The van der Waals surface area contributed by atoms with E-state index in [4.69, 9.17) is 4.74 Å². The lowest BCUT2D eigenvalue weighted by Gasteiger charge is -2.42. The molecule has 2 saturated heterocycles. The van der Waals surface area contributed by atoms with Gasteiger partial charge in [0.15, 0.2) is 0 Å². The van der Waals surface area contributed by atoms with Crippen LogP contribution in [0.1, 0.15) is 51.1 Å². The molecule has 0 spiro atoms. The van der Waals surface area contributed by atoms with Gasteiger partial charge in [-0.15, -0.1) is 0 Å². The molecule has 0 aliphatic carbocycles. The summed E-state index contributed by atoms with van der Waals surface area (Å²) in [6.45, 7) is 10.8. The number of methoxy groups -OCH3 is 1. The molecule has 158 valence electrons. The molecule has 0 unspecified atom stereocenters. The van der Waals surface area contributed by atoms with Crippen LogP contribution >= 0.6 is 0 Å². The Bertz CT molecular complexity index is 610. The highest BCUT2D eigenvalue weighted by Crippen LogP contribution is 2.24. The number of carbonyl (C=O) groups is 1. The minimum absolute atomic E-state index is 0.130. The molecule has 0 saturated carbocycles. The van der Waals surface area contributed by atoms with E-state index in [1.807, 2.05) is 10.9 Å². The first-order valence-electron chi connectivity index (χ1n) is 10.8. The molecular formula is C21H37N5O2. The van der Waals surface area contributed by atoms with Crippen LogP contribution in [0.15, 0.2) is 12.4 Å². The molecule has 0 aromatic carbocycles. The highest BCUT2D eigenvalue weighted by atomic mass is 16.5. The van der Waals surface area contributed by atoms with E-state index in [1.165, 1.54) is 18.4 Å². The SMILES string of the molecule is COCCNC(=O)[C@@H]1CCCN(C2CCN(Cc3cnn(C(C)C)c3)CC2)C1. The molecule has 0 radical (unpaired) electrons. The van der Waals surface area contributed by atoms with Crippen LogP contribution in [0.3, 0.4) is 0 Å². The third-order valence-electron chi connectivity index (χ3n) is 6.09. The number of nitrogens with zero attached hydrogens (tertiary/aromatic N) is 4. The van der Waals surface area contributed by atoms with Crippen molar-refractivity contribution in [2.75, 3.05) is 46.4 Å². The molecule has 3 heterocycles. The fourth-order valence-corrected chi connectivity index (χ4v) is 4.41. The van der Waals surface area contributed by atoms with Gasteiger partial charge >= 0.3 is 0 Å². The second kappa shape index (κ2) is 10.4. The lowest BCUT2D eigenvalue weighted by Crippen LogP contribution is -2.50. The lowest BCUT2D eigenvalue weighted by atomic mass is 9.93. The molecule has 7 heteroatoms. The van der Waals surface area contributed by atoms with E-state index in [-0.39, 0.29) is 11.8 Å². The van der Waals surface area contributed by atoms with Gasteiger partial charge in [0.05, 0.1) is 18.7 Å². The summed E-state index contributed by atoms with van der Waals surface area (Å²) in [6.07, 6.45) is 8.69. The first kappa shape index (κ1) is 21.3. The molecule has 1 aromatic rings. The van der Waals surface area contributed by atoms with E-state index < -0.39 is 0 Å². The van der Waals surface area contributed by atoms with E-state index in [1.54, 1.807) is 7.11 Å². The van der Waals surface area contributed by atoms with Crippen molar-refractivity contribution < 1.29 is 9.53 Å². The van der Waals surface area contributed by atoms with Crippen molar-refractivity contribution in [3.63, 3.8) is 0 Å². The highest BCUT2D eigenvalue weighted by molar-refractivity contribution is 5.78. The predicted molar refractivity (Wildman–Crippen MR) is 110 cm³/mol. The average molecular weight is 392 g/mol. The molecule has 0 bridgehead atoms. The van der Waals surface area contributed by atoms with Crippen LogP contribution in [-0.2, 0) is 16.1 Å². The fraction of sp³-hybridized carbons (Fsp3) is 0.810. The Kier molecular flexibility index (Phi) is 7.88. The van der Waals surface area contributed by atoms with E-state index >= 15 is 0 Å². The van der Waals surface area contributed by atoms with Gasteiger partial charge in [0.25, 0.3) is 0 Å². The van der Waals surface area contributed by atoms with Crippen LogP contribution in [0.25, 0.3) is 0 Å². The summed E-state index contributed by atoms with van der Waals surface area (Å²) in [7, 11) is 1.66. The zero-order valence-electron chi connectivity index (χ0n) is 17.8. The van der Waals surface area contributed by atoms with Gasteiger partial charge < -0.3 is 10.1 Å². The first-order valence-corrected chi connectivity index (χ1v) is 10.8. The van der Waals surface area contributed by atoms with Gasteiger partial charge in [-0.2, -0.15) is 5.10 Å². The number of ether oxygens (including phenoxy) is 1. The number of hydrogen-bond donors (Lipinski definition) is 1. The van der Waals surface area contributed by atoms with Crippen LogP contribution in [0.5, 0.6) is 0 Å². The zero-order valence-corrected chi connectivity index (χ0v) is 17.8. The van der Waals surface area contributed by atoms with Gasteiger partial charge in [-0.25, -0.2) is 0 Å². The molecule has 1 amide bonds. The van der Waals surface area contributed by atoms with Crippen molar-refractivity contribution in [2.24, 2.45) is 5.92 Å². The fourth-order valence-electron chi connectivity index (χ4n) is 4.41. The Morgan fingerprint density at radius 2 is 2.07 bits per heavy atom. The topological polar surface area (TPSA) is 62.6 Å². The Balaban J connectivity index is 1.43.